The molecule has 0 aromatic carbocycles. The smallest absolute Gasteiger partial charge is 0.225 e. The van der Waals surface area contributed by atoms with Crippen LogP contribution in [-0.2, 0) is 16.1 Å². The van der Waals surface area contributed by atoms with E-state index in [1.807, 2.05) is 33.1 Å². The van der Waals surface area contributed by atoms with Crippen LogP contribution in [0.4, 0.5) is 0 Å². The van der Waals surface area contributed by atoms with E-state index in [0.717, 1.165) is 0 Å². The fourth-order valence-corrected chi connectivity index (χ4v) is 2.57. The second-order valence-electron chi connectivity index (χ2n) is 6.03. The maximum Gasteiger partial charge on any atom is 0.225 e. The number of aryl methyl sites for hydroxylation is 1. The number of carbonyl (C=O) groups excluding carboxylic acids is 2. The number of carbonyl (C=O) groups is 2. The summed E-state index contributed by atoms with van der Waals surface area (Å²) in [6.45, 7) is 8.65. The van der Waals surface area contributed by atoms with Crippen molar-refractivity contribution in [2.24, 2.45) is 5.41 Å². The Morgan fingerprint density at radius 1 is 1.35 bits per heavy atom. The molecule has 0 aliphatic heterocycles. The minimum absolute atomic E-state index is 0.0259. The maximum absolute atomic E-state index is 12.0. The first-order valence-corrected chi connectivity index (χ1v) is 7.65. The van der Waals surface area contributed by atoms with E-state index in [-0.39, 0.29) is 11.8 Å². The summed E-state index contributed by atoms with van der Waals surface area (Å²) >= 11 is 1.66. The molecule has 1 heterocycles. The van der Waals surface area contributed by atoms with Gasteiger partial charge >= 0.3 is 0 Å². The van der Waals surface area contributed by atoms with Crippen molar-refractivity contribution in [3.63, 3.8) is 0 Å². The highest BCUT2D eigenvalue weighted by Gasteiger charge is 2.21. The number of amides is 2. The Morgan fingerprint density at radius 3 is 2.50 bits per heavy atom. The van der Waals surface area contributed by atoms with Gasteiger partial charge in [0.05, 0.1) is 6.54 Å². The minimum atomic E-state index is -0.414. The van der Waals surface area contributed by atoms with E-state index in [9.17, 15) is 9.59 Å². The average molecular weight is 296 g/mol. The summed E-state index contributed by atoms with van der Waals surface area (Å²) < 4.78 is 0. The topological polar surface area (TPSA) is 49.4 Å². The molecule has 0 atom stereocenters. The summed E-state index contributed by atoms with van der Waals surface area (Å²) in [5.74, 6) is 0.0223. The predicted molar refractivity (Wildman–Crippen MR) is 82.6 cm³/mol. The van der Waals surface area contributed by atoms with Crippen LogP contribution in [0.2, 0.25) is 0 Å². The SMILES string of the molecule is Cc1ccsc1CN(C)C(=O)CCNC(=O)C(C)(C)C. The molecule has 1 N–H and O–H groups in total. The third-order valence-corrected chi connectivity index (χ3v) is 4.09. The molecule has 0 aliphatic rings. The van der Waals surface area contributed by atoms with Gasteiger partial charge in [0.2, 0.25) is 11.8 Å². The van der Waals surface area contributed by atoms with E-state index in [2.05, 4.69) is 11.4 Å². The van der Waals surface area contributed by atoms with Gasteiger partial charge in [-0.15, -0.1) is 11.3 Å². The summed E-state index contributed by atoms with van der Waals surface area (Å²) in [6, 6.07) is 2.06. The van der Waals surface area contributed by atoms with Crippen LogP contribution in [0, 0.1) is 12.3 Å². The van der Waals surface area contributed by atoms with Crippen LogP contribution in [0.3, 0.4) is 0 Å². The maximum atomic E-state index is 12.0. The zero-order chi connectivity index (χ0) is 15.3. The van der Waals surface area contributed by atoms with Gasteiger partial charge in [0.15, 0.2) is 0 Å². The molecule has 0 unspecified atom stereocenters. The highest BCUT2D eigenvalue weighted by molar-refractivity contribution is 7.10. The molecule has 0 fully saturated rings. The van der Waals surface area contributed by atoms with Crippen LogP contribution in [0.25, 0.3) is 0 Å². The first-order chi connectivity index (χ1) is 9.21. The quantitative estimate of drug-likeness (QED) is 0.908. The number of hydrogen-bond donors (Lipinski definition) is 1. The summed E-state index contributed by atoms with van der Waals surface area (Å²) in [5.41, 5.74) is 0.805. The summed E-state index contributed by atoms with van der Waals surface area (Å²) in [7, 11) is 1.80. The Hall–Kier alpha value is -1.36. The number of nitrogens with zero attached hydrogens (tertiary/aromatic N) is 1. The summed E-state index contributed by atoms with van der Waals surface area (Å²) in [4.78, 5) is 26.6. The lowest BCUT2D eigenvalue weighted by Crippen LogP contribution is -2.37. The van der Waals surface area contributed by atoms with Gasteiger partial charge in [-0.2, -0.15) is 0 Å². The van der Waals surface area contributed by atoms with Gasteiger partial charge in [0, 0.05) is 30.3 Å². The zero-order valence-corrected chi connectivity index (χ0v) is 13.8. The standard InChI is InChI=1S/C15H24N2O2S/c1-11-7-9-20-12(11)10-17(5)13(18)6-8-16-14(19)15(2,3)4/h7,9H,6,8,10H2,1-5H3,(H,16,19). The Morgan fingerprint density at radius 2 is 2.00 bits per heavy atom. The van der Waals surface area contributed by atoms with Crippen molar-refractivity contribution in [1.82, 2.24) is 10.2 Å². The second-order valence-corrected chi connectivity index (χ2v) is 7.03. The molecule has 0 spiro atoms. The van der Waals surface area contributed by atoms with Crippen LogP contribution in [0.5, 0.6) is 0 Å². The third kappa shape index (κ3) is 4.96. The lowest BCUT2D eigenvalue weighted by atomic mass is 9.96. The van der Waals surface area contributed by atoms with Crippen molar-refractivity contribution >= 4 is 23.2 Å². The molecular weight excluding hydrogens is 272 g/mol. The van der Waals surface area contributed by atoms with Gasteiger partial charge in [-0.25, -0.2) is 0 Å². The molecule has 1 aromatic rings. The average Bonchev–Trinajstić information content (AvgIpc) is 2.73. The van der Waals surface area contributed by atoms with E-state index >= 15 is 0 Å². The summed E-state index contributed by atoms with van der Waals surface area (Å²) in [6.07, 6.45) is 0.336. The first kappa shape index (κ1) is 16.7. The third-order valence-electron chi connectivity index (χ3n) is 3.08. The number of thiophene rings is 1. The molecule has 2 amide bonds. The Balaban J connectivity index is 2.36. The van der Waals surface area contributed by atoms with Gasteiger partial charge in [0.25, 0.3) is 0 Å². The van der Waals surface area contributed by atoms with Crippen LogP contribution in [0.1, 0.15) is 37.6 Å². The van der Waals surface area contributed by atoms with E-state index in [1.54, 1.807) is 23.3 Å². The molecule has 0 radical (unpaired) electrons. The van der Waals surface area contributed by atoms with Gasteiger partial charge < -0.3 is 10.2 Å². The lowest BCUT2D eigenvalue weighted by Gasteiger charge is -2.19. The van der Waals surface area contributed by atoms with Crippen LogP contribution in [0.15, 0.2) is 11.4 Å². The monoisotopic (exact) mass is 296 g/mol. The normalized spacial score (nSPS) is 11.2. The molecule has 0 bridgehead atoms. The molecular formula is C15H24N2O2S. The minimum Gasteiger partial charge on any atom is -0.355 e. The molecule has 112 valence electrons. The van der Waals surface area contributed by atoms with Crippen LogP contribution in [-0.4, -0.2) is 30.3 Å². The van der Waals surface area contributed by atoms with E-state index in [0.29, 0.717) is 19.5 Å². The highest BCUT2D eigenvalue weighted by atomic mass is 32.1. The fourth-order valence-electron chi connectivity index (χ4n) is 1.61. The zero-order valence-electron chi connectivity index (χ0n) is 12.9. The molecule has 1 aromatic heterocycles. The fraction of sp³-hybridized carbons (Fsp3) is 0.600. The van der Waals surface area contributed by atoms with Crippen LogP contribution < -0.4 is 5.32 Å². The second kappa shape index (κ2) is 6.88. The van der Waals surface area contributed by atoms with E-state index < -0.39 is 5.41 Å². The molecule has 0 saturated heterocycles. The Kier molecular flexibility index (Phi) is 5.74. The van der Waals surface area contributed by atoms with Crippen molar-refractivity contribution in [1.29, 1.82) is 0 Å². The molecule has 4 nitrogen and oxygen atoms in total. The molecule has 20 heavy (non-hydrogen) atoms. The van der Waals surface area contributed by atoms with Gasteiger partial charge in [-0.1, -0.05) is 20.8 Å². The van der Waals surface area contributed by atoms with Crippen molar-refractivity contribution < 1.29 is 9.59 Å². The van der Waals surface area contributed by atoms with Gasteiger partial charge in [-0.3, -0.25) is 9.59 Å². The molecule has 0 saturated carbocycles. The largest absolute Gasteiger partial charge is 0.355 e. The Bertz CT molecular complexity index is 474. The Labute approximate surface area is 125 Å². The number of hydrogen-bond acceptors (Lipinski definition) is 3. The molecule has 1 rings (SSSR count). The number of rotatable bonds is 5. The molecule has 0 aliphatic carbocycles. The van der Waals surface area contributed by atoms with Crippen molar-refractivity contribution in [2.45, 2.75) is 40.7 Å². The first-order valence-electron chi connectivity index (χ1n) is 6.77. The van der Waals surface area contributed by atoms with Gasteiger partial charge in [0.1, 0.15) is 0 Å². The van der Waals surface area contributed by atoms with Crippen LogP contribution >= 0.6 is 11.3 Å². The number of nitrogens with one attached hydrogen (secondary N) is 1. The van der Waals surface area contributed by atoms with Crippen molar-refractivity contribution in [2.75, 3.05) is 13.6 Å². The molecule has 5 heteroatoms. The van der Waals surface area contributed by atoms with E-state index in [4.69, 9.17) is 0 Å². The summed E-state index contributed by atoms with van der Waals surface area (Å²) in [5, 5.41) is 4.83. The lowest BCUT2D eigenvalue weighted by molar-refractivity contribution is -0.131. The van der Waals surface area contributed by atoms with Gasteiger partial charge in [-0.05, 0) is 23.9 Å². The van der Waals surface area contributed by atoms with Crippen molar-refractivity contribution in [3.8, 4) is 0 Å². The predicted octanol–water partition coefficient (Wildman–Crippen LogP) is 2.57. The van der Waals surface area contributed by atoms with E-state index in [1.165, 1.54) is 10.4 Å². The highest BCUT2D eigenvalue weighted by Crippen LogP contribution is 2.17. The van der Waals surface area contributed by atoms with Crippen molar-refractivity contribution in [3.05, 3.63) is 21.9 Å².